The van der Waals surface area contributed by atoms with Crippen LogP contribution in [0.25, 0.3) is 0 Å². The predicted molar refractivity (Wildman–Crippen MR) is 57.1 cm³/mol. The lowest BCUT2D eigenvalue weighted by molar-refractivity contribution is -0.142. The summed E-state index contributed by atoms with van der Waals surface area (Å²) in [6, 6.07) is 0. The Morgan fingerprint density at radius 2 is 2.31 bits per heavy atom. The molecule has 1 unspecified atom stereocenters. The molecule has 1 atom stereocenters. The zero-order chi connectivity index (χ0) is 12.0. The lowest BCUT2D eigenvalue weighted by atomic mass is 9.99. The van der Waals surface area contributed by atoms with Crippen molar-refractivity contribution in [1.29, 1.82) is 0 Å². The Morgan fingerprint density at radius 3 is 2.88 bits per heavy atom. The van der Waals surface area contributed by atoms with Crippen LogP contribution in [0.15, 0.2) is 0 Å². The van der Waals surface area contributed by atoms with E-state index < -0.39 is 11.5 Å². The van der Waals surface area contributed by atoms with Gasteiger partial charge in [0.2, 0.25) is 5.91 Å². The smallest absolute Gasteiger partial charge is 0.329 e. The first-order chi connectivity index (χ1) is 7.54. The summed E-state index contributed by atoms with van der Waals surface area (Å²) in [5.74, 6) is -1.06. The minimum absolute atomic E-state index is 0.0519. The second-order valence-corrected chi connectivity index (χ2v) is 4.06. The molecule has 6 heteroatoms. The van der Waals surface area contributed by atoms with Gasteiger partial charge in [0.15, 0.2) is 0 Å². The molecular weight excluding hydrogens is 212 g/mol. The monoisotopic (exact) mass is 230 g/mol. The molecule has 1 fully saturated rings. The maximum Gasteiger partial charge on any atom is 0.329 e. The third kappa shape index (κ3) is 3.79. The maximum atomic E-state index is 11.7. The number of hydrogen-bond donors (Lipinski definition) is 3. The lowest BCUT2D eigenvalue weighted by Gasteiger charge is -2.22. The molecule has 16 heavy (non-hydrogen) atoms. The Bertz CT molecular complexity index is 262. The van der Waals surface area contributed by atoms with Crippen LogP contribution >= 0.6 is 0 Å². The summed E-state index contributed by atoms with van der Waals surface area (Å²) in [7, 11) is 0. The van der Waals surface area contributed by atoms with Gasteiger partial charge in [0.25, 0.3) is 0 Å². The first-order valence-electron chi connectivity index (χ1n) is 5.37. The summed E-state index contributed by atoms with van der Waals surface area (Å²) in [6.45, 7) is 2.95. The minimum atomic E-state index is -1.00. The normalized spacial score (nSPS) is 24.3. The lowest BCUT2D eigenvalue weighted by Crippen LogP contribution is -2.51. The number of ether oxygens (including phenoxy) is 1. The van der Waals surface area contributed by atoms with E-state index in [4.69, 9.17) is 9.84 Å². The van der Waals surface area contributed by atoms with Crippen LogP contribution < -0.4 is 10.6 Å². The Balaban J connectivity index is 2.13. The van der Waals surface area contributed by atoms with Crippen molar-refractivity contribution in [3.63, 3.8) is 0 Å². The summed E-state index contributed by atoms with van der Waals surface area (Å²) >= 11 is 0. The van der Waals surface area contributed by atoms with Gasteiger partial charge in [-0.2, -0.15) is 0 Å². The molecule has 0 spiro atoms. The number of carboxylic acid groups (broad SMARTS) is 1. The molecule has 0 aromatic rings. The SMILES string of the molecule is CC1(C(=O)NCCOCC(=O)O)CCCN1. The van der Waals surface area contributed by atoms with Gasteiger partial charge in [-0.05, 0) is 26.3 Å². The van der Waals surface area contributed by atoms with Gasteiger partial charge in [-0.15, -0.1) is 0 Å². The summed E-state index contributed by atoms with van der Waals surface area (Å²) in [5.41, 5.74) is -0.479. The molecule has 0 bridgehead atoms. The maximum absolute atomic E-state index is 11.7. The van der Waals surface area contributed by atoms with Crippen LogP contribution in [0.2, 0.25) is 0 Å². The highest BCUT2D eigenvalue weighted by Gasteiger charge is 2.35. The van der Waals surface area contributed by atoms with Crippen molar-refractivity contribution in [2.24, 2.45) is 0 Å². The van der Waals surface area contributed by atoms with Crippen LogP contribution in [-0.4, -0.2) is 48.8 Å². The first kappa shape index (κ1) is 12.9. The Morgan fingerprint density at radius 1 is 1.56 bits per heavy atom. The van der Waals surface area contributed by atoms with Gasteiger partial charge in [-0.1, -0.05) is 0 Å². The van der Waals surface area contributed by atoms with E-state index in [9.17, 15) is 9.59 Å². The molecule has 0 aromatic heterocycles. The van der Waals surface area contributed by atoms with Crippen molar-refractivity contribution < 1.29 is 19.4 Å². The van der Waals surface area contributed by atoms with E-state index in [2.05, 4.69) is 10.6 Å². The average molecular weight is 230 g/mol. The van der Waals surface area contributed by atoms with Crippen molar-refractivity contribution in [2.75, 3.05) is 26.3 Å². The van der Waals surface area contributed by atoms with Crippen LogP contribution in [0.4, 0.5) is 0 Å². The largest absolute Gasteiger partial charge is 0.480 e. The topological polar surface area (TPSA) is 87.7 Å². The van der Waals surface area contributed by atoms with Crippen LogP contribution in [0, 0.1) is 0 Å². The summed E-state index contributed by atoms with van der Waals surface area (Å²) in [6.07, 6.45) is 1.83. The number of carbonyl (C=O) groups excluding carboxylic acids is 1. The van der Waals surface area contributed by atoms with Crippen molar-refractivity contribution in [1.82, 2.24) is 10.6 Å². The fourth-order valence-electron chi connectivity index (χ4n) is 1.68. The second kappa shape index (κ2) is 5.81. The number of rotatable bonds is 6. The molecule has 0 saturated carbocycles. The van der Waals surface area contributed by atoms with Crippen LogP contribution in [-0.2, 0) is 14.3 Å². The Kier molecular flexibility index (Phi) is 4.70. The van der Waals surface area contributed by atoms with E-state index in [1.807, 2.05) is 6.92 Å². The molecule has 1 saturated heterocycles. The molecule has 1 aliphatic rings. The molecule has 1 aliphatic heterocycles. The fraction of sp³-hybridized carbons (Fsp3) is 0.800. The molecule has 92 valence electrons. The van der Waals surface area contributed by atoms with Gasteiger partial charge >= 0.3 is 5.97 Å². The van der Waals surface area contributed by atoms with E-state index >= 15 is 0 Å². The summed E-state index contributed by atoms with van der Waals surface area (Å²) in [5, 5.41) is 14.2. The van der Waals surface area contributed by atoms with E-state index in [0.29, 0.717) is 6.54 Å². The highest BCUT2D eigenvalue weighted by molar-refractivity contribution is 5.86. The van der Waals surface area contributed by atoms with Gasteiger partial charge in [0, 0.05) is 6.54 Å². The molecular formula is C10H18N2O4. The van der Waals surface area contributed by atoms with Gasteiger partial charge in [-0.25, -0.2) is 4.79 Å². The molecule has 0 aromatic carbocycles. The first-order valence-corrected chi connectivity index (χ1v) is 5.37. The molecule has 3 N–H and O–H groups in total. The number of hydrogen-bond acceptors (Lipinski definition) is 4. The van der Waals surface area contributed by atoms with Crippen molar-refractivity contribution in [2.45, 2.75) is 25.3 Å². The Labute approximate surface area is 94.3 Å². The standard InChI is InChI=1S/C10H18N2O4/c1-10(3-2-4-12-10)9(15)11-5-6-16-7-8(13)14/h12H,2-7H2,1H3,(H,11,15)(H,13,14). The highest BCUT2D eigenvalue weighted by atomic mass is 16.5. The highest BCUT2D eigenvalue weighted by Crippen LogP contribution is 2.17. The van der Waals surface area contributed by atoms with Gasteiger partial charge in [-0.3, -0.25) is 4.79 Å². The average Bonchev–Trinajstić information content (AvgIpc) is 2.65. The quantitative estimate of drug-likeness (QED) is 0.528. The van der Waals surface area contributed by atoms with Crippen molar-refractivity contribution in [3.05, 3.63) is 0 Å². The number of aliphatic carboxylic acids is 1. The van der Waals surface area contributed by atoms with Crippen molar-refractivity contribution in [3.8, 4) is 0 Å². The molecule has 6 nitrogen and oxygen atoms in total. The van der Waals surface area contributed by atoms with E-state index in [-0.39, 0.29) is 19.1 Å². The number of nitrogens with one attached hydrogen (secondary N) is 2. The Hall–Kier alpha value is -1.14. The number of carbonyl (C=O) groups is 2. The van der Waals surface area contributed by atoms with Crippen LogP contribution in [0.5, 0.6) is 0 Å². The van der Waals surface area contributed by atoms with Gasteiger partial charge in [0.05, 0.1) is 12.1 Å². The predicted octanol–water partition coefficient (Wildman–Crippen LogP) is -0.654. The zero-order valence-electron chi connectivity index (χ0n) is 9.41. The number of amides is 1. The zero-order valence-corrected chi connectivity index (χ0v) is 9.41. The van der Waals surface area contributed by atoms with Crippen molar-refractivity contribution >= 4 is 11.9 Å². The minimum Gasteiger partial charge on any atom is -0.480 e. The molecule has 0 radical (unpaired) electrons. The summed E-state index contributed by atoms with van der Waals surface area (Å²) < 4.78 is 4.81. The van der Waals surface area contributed by atoms with Gasteiger partial charge < -0.3 is 20.5 Å². The van der Waals surface area contributed by atoms with E-state index in [1.165, 1.54) is 0 Å². The fourth-order valence-corrected chi connectivity index (χ4v) is 1.68. The molecule has 0 aliphatic carbocycles. The molecule has 1 rings (SSSR count). The second-order valence-electron chi connectivity index (χ2n) is 4.06. The molecule has 1 amide bonds. The van der Waals surface area contributed by atoms with E-state index in [1.54, 1.807) is 0 Å². The van der Waals surface area contributed by atoms with Gasteiger partial charge in [0.1, 0.15) is 6.61 Å². The van der Waals surface area contributed by atoms with Crippen LogP contribution in [0.3, 0.4) is 0 Å². The van der Waals surface area contributed by atoms with Crippen LogP contribution in [0.1, 0.15) is 19.8 Å². The third-order valence-electron chi connectivity index (χ3n) is 2.63. The molecule has 1 heterocycles. The third-order valence-corrected chi connectivity index (χ3v) is 2.63. The number of carboxylic acids is 1. The van der Waals surface area contributed by atoms with E-state index in [0.717, 1.165) is 19.4 Å². The summed E-state index contributed by atoms with van der Waals surface area (Å²) in [4.78, 5) is 21.9.